The summed E-state index contributed by atoms with van der Waals surface area (Å²) in [6.45, 7) is -2.56. The molecule has 0 unspecified atom stereocenters. The van der Waals surface area contributed by atoms with E-state index in [1.807, 2.05) is 0 Å². The van der Waals surface area contributed by atoms with Gasteiger partial charge >= 0.3 is 52.9 Å². The van der Waals surface area contributed by atoms with Gasteiger partial charge < -0.3 is 9.59 Å². The summed E-state index contributed by atoms with van der Waals surface area (Å²) < 4.78 is 252. The van der Waals surface area contributed by atoms with E-state index in [2.05, 4.69) is 0 Å². The van der Waals surface area contributed by atoms with Crippen molar-refractivity contribution in [3.8, 4) is 0 Å². The maximum absolute atomic E-state index is 14.4. The maximum Gasteiger partial charge on any atom is 0.460 e. The van der Waals surface area contributed by atoms with E-state index in [0.717, 1.165) is 0 Å². The minimum Gasteiger partial charge on any atom is -0.481 e. The van der Waals surface area contributed by atoms with E-state index >= 15 is 0 Å². The summed E-state index contributed by atoms with van der Waals surface area (Å²) in [5.74, 6) is -53.2. The molecule has 0 atom stereocenters. The SMILES string of the molecule is CCN(CCC[N+](C)(C)CCC(=O)O)S(=O)(=O)C(F)(F)C(F)(F)C(F)(F)C(F)(F)C(F)(F)C(F)(F)C(F)(F)C(F)(F)F. The molecular weight excluding hydrogens is 663 g/mol. The van der Waals surface area contributed by atoms with Gasteiger partial charge in [0.15, 0.2) is 0 Å². The van der Waals surface area contributed by atoms with Crippen LogP contribution in [0.15, 0.2) is 0 Å². The first kappa shape index (κ1) is 40.1. The van der Waals surface area contributed by atoms with Gasteiger partial charge in [-0.1, -0.05) is 6.92 Å². The number of aliphatic carboxylic acids is 1. The number of carboxylic acids is 1. The molecule has 0 radical (unpaired) electrons. The Morgan fingerprint density at radius 1 is 0.667 bits per heavy atom. The van der Waals surface area contributed by atoms with Crippen molar-refractivity contribution in [2.75, 3.05) is 40.3 Å². The number of nitrogens with zero attached hydrogens (tertiary/aromatic N) is 2. The zero-order valence-corrected chi connectivity index (χ0v) is 22.0. The van der Waals surface area contributed by atoms with Crippen LogP contribution in [0.2, 0.25) is 0 Å². The number of hydrogen-bond acceptors (Lipinski definition) is 3. The summed E-state index contributed by atoms with van der Waals surface area (Å²) in [5, 5.41) is 1.05. The van der Waals surface area contributed by atoms with E-state index in [1.54, 1.807) is 0 Å². The van der Waals surface area contributed by atoms with Crippen LogP contribution < -0.4 is 0 Å². The molecule has 42 heavy (non-hydrogen) atoms. The fraction of sp³-hybridized carbons (Fsp3) is 0.944. The molecule has 0 heterocycles. The molecule has 252 valence electrons. The lowest BCUT2D eigenvalue weighted by Gasteiger charge is -2.43. The Morgan fingerprint density at radius 2 is 1.02 bits per heavy atom. The molecule has 0 aliphatic heterocycles. The first-order valence-electron chi connectivity index (χ1n) is 10.8. The Kier molecular flexibility index (Phi) is 11.1. The molecule has 0 saturated carbocycles. The van der Waals surface area contributed by atoms with Gasteiger partial charge in [-0.25, -0.2) is 8.42 Å². The number of quaternary nitrogens is 1. The summed E-state index contributed by atoms with van der Waals surface area (Å²) in [6, 6.07) is 0. The molecule has 0 aromatic carbocycles. The monoisotopic (exact) mass is 685 g/mol. The molecular formula is C18H22F17N2O4S+. The zero-order valence-electron chi connectivity index (χ0n) is 21.1. The third-order valence-electron chi connectivity index (χ3n) is 5.81. The van der Waals surface area contributed by atoms with E-state index in [1.165, 1.54) is 14.1 Å². The lowest BCUT2D eigenvalue weighted by atomic mass is 9.91. The molecule has 0 saturated heterocycles. The molecule has 0 spiro atoms. The van der Waals surface area contributed by atoms with E-state index < -0.39 is 93.2 Å². The second kappa shape index (κ2) is 11.6. The van der Waals surface area contributed by atoms with E-state index in [0.29, 0.717) is 6.92 Å². The predicted octanol–water partition coefficient (Wildman–Crippen LogP) is 5.55. The van der Waals surface area contributed by atoms with Gasteiger partial charge in [0.1, 0.15) is 0 Å². The molecule has 1 N–H and O–H groups in total. The summed E-state index contributed by atoms with van der Waals surface area (Å²) in [4.78, 5) is 10.6. The minimum absolute atomic E-state index is 0.185. The normalized spacial score (nSPS) is 15.8. The molecule has 24 heteroatoms. The molecule has 0 rings (SSSR count). The Bertz CT molecular complexity index is 1070. The van der Waals surface area contributed by atoms with Gasteiger partial charge in [0.2, 0.25) is 0 Å². The largest absolute Gasteiger partial charge is 0.481 e. The number of carbonyl (C=O) groups is 1. The summed E-state index contributed by atoms with van der Waals surface area (Å²) in [7, 11) is -4.75. The zero-order chi connectivity index (χ0) is 34.4. The van der Waals surface area contributed by atoms with Crippen molar-refractivity contribution in [3.63, 3.8) is 0 Å². The second-order valence-corrected chi connectivity index (χ2v) is 11.3. The Hall–Kier alpha value is -1.85. The number of carboxylic acid groups (broad SMARTS) is 1. The van der Waals surface area contributed by atoms with Crippen molar-refractivity contribution in [3.05, 3.63) is 0 Å². The minimum atomic E-state index is -8.89. The predicted molar refractivity (Wildman–Crippen MR) is 106 cm³/mol. The average Bonchev–Trinajstić information content (AvgIpc) is 2.78. The van der Waals surface area contributed by atoms with Crippen LogP contribution in [0.25, 0.3) is 0 Å². The Balaban J connectivity index is 6.60. The number of hydrogen-bond donors (Lipinski definition) is 1. The van der Waals surface area contributed by atoms with Gasteiger partial charge in [-0.3, -0.25) is 4.79 Å². The molecule has 6 nitrogen and oxygen atoms in total. The van der Waals surface area contributed by atoms with Gasteiger partial charge in [-0.15, -0.1) is 0 Å². The molecule has 0 aromatic rings. The fourth-order valence-electron chi connectivity index (χ4n) is 3.11. The van der Waals surface area contributed by atoms with Crippen molar-refractivity contribution in [1.29, 1.82) is 0 Å². The third kappa shape index (κ3) is 6.34. The van der Waals surface area contributed by atoms with Crippen molar-refractivity contribution < 1.29 is 97.4 Å². The first-order chi connectivity index (χ1) is 18.1. The highest BCUT2D eigenvalue weighted by molar-refractivity contribution is 7.90. The summed E-state index contributed by atoms with van der Waals surface area (Å²) >= 11 is 0. The smallest absolute Gasteiger partial charge is 0.460 e. The van der Waals surface area contributed by atoms with Crippen LogP contribution in [-0.4, -0.2) is 116 Å². The number of halogens is 17. The van der Waals surface area contributed by atoms with Crippen LogP contribution in [-0.2, 0) is 14.8 Å². The molecule has 0 fully saturated rings. The third-order valence-corrected chi connectivity index (χ3v) is 7.84. The summed E-state index contributed by atoms with van der Waals surface area (Å²) in [5.41, 5.74) is 0. The number of alkyl halides is 17. The number of rotatable bonds is 16. The molecule has 0 aliphatic rings. The van der Waals surface area contributed by atoms with Crippen LogP contribution in [0.1, 0.15) is 19.8 Å². The van der Waals surface area contributed by atoms with Gasteiger partial charge in [0.05, 0.1) is 33.6 Å². The standard InChI is InChI=1S/C18H21F17N2O4S/c1-4-36(7-5-8-37(2,3)9-6-10(38)39)42(40,41)18(34,35)16(29,30)14(25,26)12(21,22)11(19,20)13(23,24)15(27,28)17(31,32)33/h4-9H2,1-3H3/p+1. The van der Waals surface area contributed by atoms with Gasteiger partial charge in [-0.05, 0) is 0 Å². The van der Waals surface area contributed by atoms with Crippen LogP contribution >= 0.6 is 0 Å². The highest BCUT2D eigenvalue weighted by Gasteiger charge is 2.96. The van der Waals surface area contributed by atoms with E-state index in [4.69, 9.17) is 5.11 Å². The van der Waals surface area contributed by atoms with Crippen molar-refractivity contribution in [1.82, 2.24) is 4.31 Å². The fourth-order valence-corrected chi connectivity index (χ4v) is 4.59. The average molecular weight is 685 g/mol. The lowest BCUT2D eigenvalue weighted by molar-refractivity contribution is -0.889. The highest BCUT2D eigenvalue weighted by atomic mass is 32.2. The van der Waals surface area contributed by atoms with E-state index in [-0.39, 0.29) is 17.6 Å². The molecule has 0 amide bonds. The lowest BCUT2D eigenvalue weighted by Crippen LogP contribution is -2.75. The summed E-state index contributed by atoms with van der Waals surface area (Å²) in [6.07, 6.45) is -9.04. The van der Waals surface area contributed by atoms with Crippen molar-refractivity contribution >= 4 is 16.0 Å². The quantitative estimate of drug-likeness (QED) is 0.171. The van der Waals surface area contributed by atoms with E-state index in [9.17, 15) is 87.8 Å². The molecule has 0 bridgehead atoms. The second-order valence-electron chi connectivity index (χ2n) is 9.34. The number of sulfonamides is 1. The topological polar surface area (TPSA) is 74.7 Å². The molecule has 0 aliphatic carbocycles. The maximum atomic E-state index is 14.4. The van der Waals surface area contributed by atoms with Crippen LogP contribution in [0.5, 0.6) is 0 Å². The van der Waals surface area contributed by atoms with Gasteiger partial charge in [0.25, 0.3) is 10.0 Å². The first-order valence-corrected chi connectivity index (χ1v) is 12.3. The van der Waals surface area contributed by atoms with Crippen LogP contribution in [0.4, 0.5) is 74.6 Å². The van der Waals surface area contributed by atoms with Crippen molar-refractivity contribution in [2.45, 2.75) is 66.7 Å². The Morgan fingerprint density at radius 3 is 1.36 bits per heavy atom. The van der Waals surface area contributed by atoms with Crippen LogP contribution in [0.3, 0.4) is 0 Å². The Labute approximate surface area is 225 Å². The van der Waals surface area contributed by atoms with Gasteiger partial charge in [-0.2, -0.15) is 78.9 Å². The highest BCUT2D eigenvalue weighted by Crippen LogP contribution is 2.64. The van der Waals surface area contributed by atoms with Crippen LogP contribution in [0, 0.1) is 0 Å². The molecule has 0 aromatic heterocycles. The van der Waals surface area contributed by atoms with Crippen molar-refractivity contribution in [2.24, 2.45) is 0 Å². The van der Waals surface area contributed by atoms with Gasteiger partial charge in [0, 0.05) is 19.5 Å².